The number of hydrogen-bond acceptors (Lipinski definition) is 4. The SMILES string of the molecule is Nc1nccc2ccc(C3CCN(C(=O)c4ccc(CCc5cccc[n+]5[O-])cc4)CC3)cc12. The molecule has 34 heavy (non-hydrogen) atoms. The number of rotatable bonds is 5. The Bertz CT molecular complexity index is 1310. The first-order chi connectivity index (χ1) is 16.6. The Kier molecular flexibility index (Phi) is 6.12. The minimum Gasteiger partial charge on any atom is -0.619 e. The third-order valence-electron chi connectivity index (χ3n) is 6.85. The Labute approximate surface area is 199 Å². The van der Waals surface area contributed by atoms with Gasteiger partial charge in [-0.15, -0.1) is 0 Å². The zero-order valence-electron chi connectivity index (χ0n) is 19.1. The van der Waals surface area contributed by atoms with Gasteiger partial charge in [-0.2, -0.15) is 4.73 Å². The summed E-state index contributed by atoms with van der Waals surface area (Å²) in [6, 6.07) is 21.7. The predicted molar refractivity (Wildman–Crippen MR) is 133 cm³/mol. The Morgan fingerprint density at radius 2 is 1.82 bits per heavy atom. The van der Waals surface area contributed by atoms with Crippen molar-refractivity contribution in [1.29, 1.82) is 0 Å². The number of pyridine rings is 2. The molecule has 3 heterocycles. The summed E-state index contributed by atoms with van der Waals surface area (Å²) in [5, 5.41) is 13.9. The number of nitrogens with zero attached hydrogens (tertiary/aromatic N) is 3. The van der Waals surface area contributed by atoms with Crippen molar-refractivity contribution in [2.24, 2.45) is 0 Å². The van der Waals surface area contributed by atoms with Crippen LogP contribution >= 0.6 is 0 Å². The molecule has 2 aromatic heterocycles. The number of hydrogen-bond donors (Lipinski definition) is 1. The van der Waals surface area contributed by atoms with Gasteiger partial charge in [-0.05, 0) is 66.0 Å². The summed E-state index contributed by atoms with van der Waals surface area (Å²) >= 11 is 0. The molecule has 0 unspecified atom stereocenters. The van der Waals surface area contributed by atoms with E-state index in [0.29, 0.717) is 23.7 Å². The molecule has 2 N–H and O–H groups in total. The third kappa shape index (κ3) is 4.57. The second-order valence-electron chi connectivity index (χ2n) is 8.96. The summed E-state index contributed by atoms with van der Waals surface area (Å²) in [6.45, 7) is 1.48. The molecule has 1 fully saturated rings. The van der Waals surface area contributed by atoms with E-state index in [-0.39, 0.29) is 5.91 Å². The van der Waals surface area contributed by atoms with E-state index in [1.54, 1.807) is 12.3 Å². The summed E-state index contributed by atoms with van der Waals surface area (Å²) in [4.78, 5) is 19.2. The zero-order chi connectivity index (χ0) is 23.5. The maximum absolute atomic E-state index is 13.1. The number of aryl methyl sites for hydroxylation is 2. The largest absolute Gasteiger partial charge is 0.619 e. The number of piperidine rings is 1. The van der Waals surface area contributed by atoms with Crippen LogP contribution in [0.3, 0.4) is 0 Å². The molecule has 0 aliphatic carbocycles. The van der Waals surface area contributed by atoms with Crippen LogP contribution in [0.2, 0.25) is 0 Å². The van der Waals surface area contributed by atoms with E-state index in [9.17, 15) is 10.0 Å². The highest BCUT2D eigenvalue weighted by atomic mass is 16.5. The minimum atomic E-state index is 0.0809. The van der Waals surface area contributed by atoms with Crippen molar-refractivity contribution < 1.29 is 9.52 Å². The standard InChI is InChI=1S/C28H28N4O2/c29-27-26-19-24(10-9-22(26)12-15-30-27)21-13-17-31(18-14-21)28(33)23-7-4-20(5-8-23)6-11-25-3-1-2-16-32(25)34/h1-5,7-10,12,15-16,19,21H,6,11,13-14,17-18H2,(H2,29,30). The fourth-order valence-electron chi connectivity index (χ4n) is 4.80. The first-order valence-corrected chi connectivity index (χ1v) is 11.8. The van der Waals surface area contributed by atoms with Crippen molar-refractivity contribution in [2.45, 2.75) is 31.6 Å². The van der Waals surface area contributed by atoms with Gasteiger partial charge in [0.25, 0.3) is 5.91 Å². The number of likely N-dealkylation sites (tertiary alicyclic amines) is 1. The van der Waals surface area contributed by atoms with Gasteiger partial charge < -0.3 is 15.8 Å². The fourth-order valence-corrected chi connectivity index (χ4v) is 4.80. The van der Waals surface area contributed by atoms with Crippen molar-refractivity contribution >= 4 is 22.5 Å². The van der Waals surface area contributed by atoms with Crippen LogP contribution in [0.5, 0.6) is 0 Å². The van der Waals surface area contributed by atoms with Crippen molar-refractivity contribution in [1.82, 2.24) is 9.88 Å². The monoisotopic (exact) mass is 452 g/mol. The van der Waals surface area contributed by atoms with E-state index in [0.717, 1.165) is 59.1 Å². The highest BCUT2D eigenvalue weighted by Gasteiger charge is 2.25. The van der Waals surface area contributed by atoms with E-state index in [1.807, 2.05) is 47.4 Å². The van der Waals surface area contributed by atoms with Gasteiger partial charge in [0, 0.05) is 48.8 Å². The molecule has 5 rings (SSSR count). The number of carbonyl (C=O) groups excluding carboxylic acids is 1. The molecule has 0 spiro atoms. The number of amides is 1. The van der Waals surface area contributed by atoms with Crippen LogP contribution in [0.1, 0.15) is 45.9 Å². The van der Waals surface area contributed by atoms with Gasteiger partial charge >= 0.3 is 0 Å². The number of carbonyl (C=O) groups is 1. The predicted octanol–water partition coefficient (Wildman–Crippen LogP) is 4.26. The first kappa shape index (κ1) is 21.9. The molecular formula is C28H28N4O2. The van der Waals surface area contributed by atoms with Crippen molar-refractivity contribution in [3.8, 4) is 0 Å². The van der Waals surface area contributed by atoms with Crippen LogP contribution in [-0.4, -0.2) is 28.9 Å². The fraction of sp³-hybridized carbons (Fsp3) is 0.250. The van der Waals surface area contributed by atoms with Gasteiger partial charge in [0.2, 0.25) is 0 Å². The van der Waals surface area contributed by atoms with Crippen LogP contribution < -0.4 is 10.5 Å². The topological polar surface area (TPSA) is 86.2 Å². The lowest BCUT2D eigenvalue weighted by atomic mass is 9.88. The lowest BCUT2D eigenvalue weighted by Crippen LogP contribution is -2.37. The van der Waals surface area contributed by atoms with Gasteiger partial charge in [0.05, 0.1) is 0 Å². The molecule has 1 amide bonds. The van der Waals surface area contributed by atoms with Crippen LogP contribution in [-0.2, 0) is 12.8 Å². The van der Waals surface area contributed by atoms with Gasteiger partial charge in [-0.3, -0.25) is 4.79 Å². The molecule has 6 nitrogen and oxygen atoms in total. The van der Waals surface area contributed by atoms with Crippen LogP contribution in [0.15, 0.2) is 79.1 Å². The summed E-state index contributed by atoms with van der Waals surface area (Å²) in [7, 11) is 0. The summed E-state index contributed by atoms with van der Waals surface area (Å²) in [5.41, 5.74) is 9.91. The van der Waals surface area contributed by atoms with Crippen molar-refractivity contribution in [3.05, 3.63) is 107 Å². The molecule has 1 aliphatic heterocycles. The van der Waals surface area contributed by atoms with E-state index in [2.05, 4.69) is 23.2 Å². The molecule has 0 saturated carbocycles. The van der Waals surface area contributed by atoms with Crippen LogP contribution in [0.4, 0.5) is 5.82 Å². The molecule has 0 radical (unpaired) electrons. The Morgan fingerprint density at radius 1 is 1.03 bits per heavy atom. The second kappa shape index (κ2) is 9.51. The summed E-state index contributed by atoms with van der Waals surface area (Å²) < 4.78 is 0.908. The van der Waals surface area contributed by atoms with Crippen molar-refractivity contribution in [2.75, 3.05) is 18.8 Å². The maximum atomic E-state index is 13.1. The molecule has 4 aromatic rings. The molecule has 172 valence electrons. The lowest BCUT2D eigenvalue weighted by Gasteiger charge is -2.32. The van der Waals surface area contributed by atoms with Gasteiger partial charge in [-0.25, -0.2) is 4.98 Å². The van der Waals surface area contributed by atoms with E-state index < -0.39 is 0 Å². The van der Waals surface area contributed by atoms with Crippen LogP contribution in [0, 0.1) is 5.21 Å². The molecule has 0 atom stereocenters. The molecule has 1 saturated heterocycles. The quantitative estimate of drug-likeness (QED) is 0.362. The summed E-state index contributed by atoms with van der Waals surface area (Å²) in [6.07, 6.45) is 6.55. The molecule has 1 aliphatic rings. The number of nitrogens with two attached hydrogens (primary N) is 1. The van der Waals surface area contributed by atoms with Crippen molar-refractivity contribution in [3.63, 3.8) is 0 Å². The van der Waals surface area contributed by atoms with E-state index in [1.165, 1.54) is 11.8 Å². The lowest BCUT2D eigenvalue weighted by molar-refractivity contribution is -0.614. The van der Waals surface area contributed by atoms with Gasteiger partial charge in [0.1, 0.15) is 5.82 Å². The Morgan fingerprint density at radius 3 is 2.59 bits per heavy atom. The summed E-state index contributed by atoms with van der Waals surface area (Å²) in [5.74, 6) is 1.06. The van der Waals surface area contributed by atoms with Gasteiger partial charge in [-0.1, -0.05) is 30.3 Å². The highest BCUT2D eigenvalue weighted by molar-refractivity contribution is 5.94. The molecule has 0 bridgehead atoms. The average Bonchev–Trinajstić information content (AvgIpc) is 2.88. The Hall–Kier alpha value is -3.93. The molecule has 2 aromatic carbocycles. The average molecular weight is 453 g/mol. The number of benzene rings is 2. The number of nitrogen functional groups attached to an aromatic ring is 1. The number of anilines is 1. The number of aromatic nitrogens is 2. The number of fused-ring (bicyclic) bond motifs is 1. The van der Waals surface area contributed by atoms with E-state index >= 15 is 0 Å². The minimum absolute atomic E-state index is 0.0809. The van der Waals surface area contributed by atoms with E-state index in [4.69, 9.17) is 5.73 Å². The second-order valence-corrected chi connectivity index (χ2v) is 8.96. The third-order valence-corrected chi connectivity index (χ3v) is 6.85. The highest BCUT2D eigenvalue weighted by Crippen LogP contribution is 2.31. The Balaban J connectivity index is 1.19. The zero-order valence-corrected chi connectivity index (χ0v) is 19.1. The molecular weight excluding hydrogens is 424 g/mol. The normalized spacial score (nSPS) is 14.4. The van der Waals surface area contributed by atoms with Gasteiger partial charge in [0.15, 0.2) is 11.9 Å². The maximum Gasteiger partial charge on any atom is 0.253 e. The first-order valence-electron chi connectivity index (χ1n) is 11.8. The van der Waals surface area contributed by atoms with Crippen LogP contribution in [0.25, 0.3) is 10.8 Å². The smallest absolute Gasteiger partial charge is 0.253 e. The molecule has 6 heteroatoms.